The highest BCUT2D eigenvalue weighted by molar-refractivity contribution is 5.08. The molecule has 1 aromatic heterocycles. The van der Waals surface area contributed by atoms with Crippen molar-refractivity contribution in [2.24, 2.45) is 0 Å². The molecule has 0 saturated carbocycles. The van der Waals surface area contributed by atoms with Crippen LogP contribution in [0.25, 0.3) is 0 Å². The Balaban J connectivity index is 2.44. The standard InChI is InChI=1S/C11H18N2/c1-10(7-9-13(2)3)11-6-4-5-8-12-11/h4-6,8,10H,7,9H2,1-3H3. The summed E-state index contributed by atoms with van der Waals surface area (Å²) in [5.41, 5.74) is 1.20. The van der Waals surface area contributed by atoms with Crippen LogP contribution in [-0.2, 0) is 0 Å². The number of hydrogen-bond donors (Lipinski definition) is 0. The molecule has 0 aromatic carbocycles. The molecule has 2 nitrogen and oxygen atoms in total. The van der Waals surface area contributed by atoms with Crippen LogP contribution in [0.5, 0.6) is 0 Å². The molecule has 0 amide bonds. The van der Waals surface area contributed by atoms with E-state index in [1.54, 1.807) is 0 Å². The Bertz CT molecular complexity index is 231. The minimum atomic E-state index is 0.559. The van der Waals surface area contributed by atoms with Gasteiger partial charge in [-0.25, -0.2) is 0 Å². The smallest absolute Gasteiger partial charge is 0.0432 e. The third kappa shape index (κ3) is 3.55. The molecular formula is C11H18N2. The van der Waals surface area contributed by atoms with Gasteiger partial charge in [-0.05, 0) is 45.1 Å². The lowest BCUT2D eigenvalue weighted by Gasteiger charge is -2.14. The number of rotatable bonds is 4. The molecule has 0 bridgehead atoms. The van der Waals surface area contributed by atoms with Crippen molar-refractivity contribution in [1.29, 1.82) is 0 Å². The first-order chi connectivity index (χ1) is 6.20. The van der Waals surface area contributed by atoms with Crippen LogP contribution in [0.1, 0.15) is 25.0 Å². The zero-order chi connectivity index (χ0) is 9.68. The van der Waals surface area contributed by atoms with E-state index in [0.717, 1.165) is 6.54 Å². The Hall–Kier alpha value is -0.890. The fraction of sp³-hybridized carbons (Fsp3) is 0.545. The summed E-state index contributed by atoms with van der Waals surface area (Å²) in [6.07, 6.45) is 3.03. The van der Waals surface area contributed by atoms with Crippen LogP contribution in [0.3, 0.4) is 0 Å². The van der Waals surface area contributed by atoms with E-state index in [2.05, 4.69) is 43.0 Å². The molecule has 0 spiro atoms. The van der Waals surface area contributed by atoms with E-state index < -0.39 is 0 Å². The lowest BCUT2D eigenvalue weighted by Crippen LogP contribution is -2.15. The molecule has 72 valence electrons. The zero-order valence-corrected chi connectivity index (χ0v) is 8.70. The Morgan fingerprint density at radius 1 is 1.38 bits per heavy atom. The molecule has 0 saturated heterocycles. The molecular weight excluding hydrogens is 160 g/mol. The van der Waals surface area contributed by atoms with Crippen LogP contribution in [0.2, 0.25) is 0 Å². The summed E-state index contributed by atoms with van der Waals surface area (Å²) in [6.45, 7) is 3.35. The van der Waals surface area contributed by atoms with Gasteiger partial charge >= 0.3 is 0 Å². The van der Waals surface area contributed by atoms with Crippen LogP contribution in [-0.4, -0.2) is 30.5 Å². The van der Waals surface area contributed by atoms with Crippen LogP contribution >= 0.6 is 0 Å². The van der Waals surface area contributed by atoms with E-state index in [-0.39, 0.29) is 0 Å². The fourth-order valence-electron chi connectivity index (χ4n) is 1.27. The fourth-order valence-corrected chi connectivity index (χ4v) is 1.27. The molecule has 0 aliphatic carbocycles. The quantitative estimate of drug-likeness (QED) is 0.702. The van der Waals surface area contributed by atoms with E-state index in [4.69, 9.17) is 0 Å². The molecule has 13 heavy (non-hydrogen) atoms. The molecule has 1 rings (SSSR count). The molecule has 1 unspecified atom stereocenters. The average Bonchev–Trinajstić information content (AvgIpc) is 2.15. The van der Waals surface area contributed by atoms with Gasteiger partial charge in [0.1, 0.15) is 0 Å². The lowest BCUT2D eigenvalue weighted by molar-refractivity contribution is 0.384. The summed E-state index contributed by atoms with van der Waals surface area (Å²) in [7, 11) is 4.20. The first-order valence-corrected chi connectivity index (χ1v) is 4.76. The summed E-state index contributed by atoms with van der Waals surface area (Å²) < 4.78 is 0. The Morgan fingerprint density at radius 3 is 2.69 bits per heavy atom. The number of hydrogen-bond acceptors (Lipinski definition) is 2. The largest absolute Gasteiger partial charge is 0.309 e. The molecule has 2 heteroatoms. The Kier molecular flexibility index (Phi) is 3.90. The van der Waals surface area contributed by atoms with Gasteiger partial charge in [-0.3, -0.25) is 4.98 Å². The molecule has 1 atom stereocenters. The van der Waals surface area contributed by atoms with Gasteiger partial charge < -0.3 is 4.90 Å². The predicted molar refractivity (Wildman–Crippen MR) is 55.8 cm³/mol. The second kappa shape index (κ2) is 4.97. The molecule has 1 heterocycles. The van der Waals surface area contributed by atoms with E-state index in [0.29, 0.717) is 5.92 Å². The summed E-state index contributed by atoms with van der Waals surface area (Å²) in [5, 5.41) is 0. The predicted octanol–water partition coefficient (Wildman–Crippen LogP) is 2.14. The van der Waals surface area contributed by atoms with Crippen LogP contribution in [0.4, 0.5) is 0 Å². The monoisotopic (exact) mass is 178 g/mol. The van der Waals surface area contributed by atoms with Crippen molar-refractivity contribution in [2.75, 3.05) is 20.6 Å². The normalized spacial score (nSPS) is 13.2. The van der Waals surface area contributed by atoms with Gasteiger partial charge in [0.15, 0.2) is 0 Å². The summed E-state index contributed by atoms with van der Waals surface area (Å²) in [4.78, 5) is 6.55. The Morgan fingerprint density at radius 2 is 2.15 bits per heavy atom. The van der Waals surface area contributed by atoms with E-state index in [1.165, 1.54) is 12.1 Å². The highest BCUT2D eigenvalue weighted by atomic mass is 15.0. The highest BCUT2D eigenvalue weighted by Gasteiger charge is 2.05. The van der Waals surface area contributed by atoms with Gasteiger partial charge in [-0.1, -0.05) is 13.0 Å². The van der Waals surface area contributed by atoms with Gasteiger partial charge in [0.2, 0.25) is 0 Å². The summed E-state index contributed by atoms with van der Waals surface area (Å²) in [6, 6.07) is 6.11. The molecule has 0 aliphatic heterocycles. The highest BCUT2D eigenvalue weighted by Crippen LogP contribution is 2.15. The average molecular weight is 178 g/mol. The molecule has 0 N–H and O–H groups in total. The maximum absolute atomic E-state index is 4.34. The Labute approximate surface area is 80.6 Å². The van der Waals surface area contributed by atoms with Gasteiger partial charge in [0, 0.05) is 11.9 Å². The minimum absolute atomic E-state index is 0.559. The third-order valence-electron chi connectivity index (χ3n) is 2.20. The summed E-state index contributed by atoms with van der Waals surface area (Å²) in [5.74, 6) is 0.559. The maximum Gasteiger partial charge on any atom is 0.0432 e. The van der Waals surface area contributed by atoms with Gasteiger partial charge in [0.05, 0.1) is 0 Å². The van der Waals surface area contributed by atoms with Crippen molar-refractivity contribution in [1.82, 2.24) is 9.88 Å². The minimum Gasteiger partial charge on any atom is -0.309 e. The number of nitrogens with zero attached hydrogens (tertiary/aromatic N) is 2. The first kappa shape index (κ1) is 10.2. The molecule has 0 radical (unpaired) electrons. The second-order valence-electron chi connectivity index (χ2n) is 3.75. The summed E-state index contributed by atoms with van der Waals surface area (Å²) >= 11 is 0. The van der Waals surface area contributed by atoms with Crippen molar-refractivity contribution < 1.29 is 0 Å². The molecule has 0 aliphatic rings. The van der Waals surface area contributed by atoms with Gasteiger partial charge in [0.25, 0.3) is 0 Å². The van der Waals surface area contributed by atoms with Crippen LogP contribution in [0, 0.1) is 0 Å². The SMILES string of the molecule is CC(CCN(C)C)c1ccccn1. The zero-order valence-electron chi connectivity index (χ0n) is 8.70. The maximum atomic E-state index is 4.34. The number of pyridine rings is 1. The second-order valence-corrected chi connectivity index (χ2v) is 3.75. The van der Waals surface area contributed by atoms with Crippen molar-refractivity contribution in [3.05, 3.63) is 30.1 Å². The van der Waals surface area contributed by atoms with E-state index >= 15 is 0 Å². The van der Waals surface area contributed by atoms with Crippen LogP contribution < -0.4 is 0 Å². The number of aromatic nitrogens is 1. The van der Waals surface area contributed by atoms with Gasteiger partial charge in [-0.15, -0.1) is 0 Å². The lowest BCUT2D eigenvalue weighted by atomic mass is 10.0. The van der Waals surface area contributed by atoms with Crippen molar-refractivity contribution >= 4 is 0 Å². The molecule has 0 fully saturated rings. The first-order valence-electron chi connectivity index (χ1n) is 4.76. The van der Waals surface area contributed by atoms with Crippen molar-refractivity contribution in [2.45, 2.75) is 19.3 Å². The van der Waals surface area contributed by atoms with Crippen LogP contribution in [0.15, 0.2) is 24.4 Å². The third-order valence-corrected chi connectivity index (χ3v) is 2.20. The molecule has 1 aromatic rings. The van der Waals surface area contributed by atoms with Crippen molar-refractivity contribution in [3.8, 4) is 0 Å². The van der Waals surface area contributed by atoms with Gasteiger partial charge in [-0.2, -0.15) is 0 Å². The van der Waals surface area contributed by atoms with E-state index in [9.17, 15) is 0 Å². The topological polar surface area (TPSA) is 16.1 Å². The van der Waals surface area contributed by atoms with E-state index in [1.807, 2.05) is 12.3 Å². The van der Waals surface area contributed by atoms with Crippen molar-refractivity contribution in [3.63, 3.8) is 0 Å².